The van der Waals surface area contributed by atoms with Crippen LogP contribution in [0, 0.1) is 5.92 Å². The molecule has 1 unspecified atom stereocenters. The Morgan fingerprint density at radius 2 is 2.13 bits per heavy atom. The summed E-state index contributed by atoms with van der Waals surface area (Å²) in [5, 5.41) is 5.48. The minimum absolute atomic E-state index is 0.00830. The highest BCUT2D eigenvalue weighted by Crippen LogP contribution is 2.18. The zero-order valence-corrected chi connectivity index (χ0v) is 13.8. The second kappa shape index (κ2) is 8.01. The molecule has 1 fully saturated rings. The predicted molar refractivity (Wildman–Crippen MR) is 89.1 cm³/mol. The Morgan fingerprint density at radius 1 is 1.35 bits per heavy atom. The molecule has 0 saturated carbocycles. The van der Waals surface area contributed by atoms with Crippen LogP contribution in [0.15, 0.2) is 36.9 Å². The molecule has 23 heavy (non-hydrogen) atoms. The molecule has 2 rings (SSSR count). The molecule has 2 amide bonds. The van der Waals surface area contributed by atoms with Crippen molar-refractivity contribution in [2.45, 2.75) is 13.0 Å². The summed E-state index contributed by atoms with van der Waals surface area (Å²) in [5.74, 6) is 1.09. The van der Waals surface area contributed by atoms with Crippen LogP contribution in [0.1, 0.15) is 12.0 Å². The summed E-state index contributed by atoms with van der Waals surface area (Å²) >= 11 is 0. The minimum Gasteiger partial charge on any atom is -0.489 e. The SMILES string of the molecule is C=CCOc1ccccc1CNC(=O)NCC1CCS(=O)(=O)C1. The summed E-state index contributed by atoms with van der Waals surface area (Å²) in [6.07, 6.45) is 2.27. The van der Waals surface area contributed by atoms with E-state index >= 15 is 0 Å². The fraction of sp³-hybridized carbons (Fsp3) is 0.438. The molecule has 6 nitrogen and oxygen atoms in total. The quantitative estimate of drug-likeness (QED) is 0.738. The zero-order chi connectivity index (χ0) is 16.7. The first-order valence-electron chi connectivity index (χ1n) is 7.54. The lowest BCUT2D eigenvalue weighted by atomic mass is 10.1. The lowest BCUT2D eigenvalue weighted by Crippen LogP contribution is -2.38. The highest BCUT2D eigenvalue weighted by Gasteiger charge is 2.27. The van der Waals surface area contributed by atoms with Gasteiger partial charge in [0.1, 0.15) is 12.4 Å². The maximum absolute atomic E-state index is 11.8. The van der Waals surface area contributed by atoms with Crippen LogP contribution < -0.4 is 15.4 Å². The third-order valence-electron chi connectivity index (χ3n) is 3.65. The molecule has 1 aliphatic rings. The Hall–Kier alpha value is -2.02. The number of hydrogen-bond acceptors (Lipinski definition) is 4. The molecule has 1 aromatic carbocycles. The Balaban J connectivity index is 1.77. The van der Waals surface area contributed by atoms with E-state index in [4.69, 9.17) is 4.74 Å². The van der Waals surface area contributed by atoms with Crippen LogP contribution in [0.5, 0.6) is 5.75 Å². The van der Waals surface area contributed by atoms with Crippen LogP contribution in [0.3, 0.4) is 0 Å². The molecule has 1 atom stereocenters. The van der Waals surface area contributed by atoms with Crippen LogP contribution >= 0.6 is 0 Å². The van der Waals surface area contributed by atoms with Gasteiger partial charge in [-0.1, -0.05) is 30.9 Å². The van der Waals surface area contributed by atoms with Gasteiger partial charge in [0.05, 0.1) is 11.5 Å². The van der Waals surface area contributed by atoms with E-state index in [1.165, 1.54) is 0 Å². The van der Waals surface area contributed by atoms with Crippen molar-refractivity contribution in [1.82, 2.24) is 10.6 Å². The Morgan fingerprint density at radius 3 is 2.83 bits per heavy atom. The Bertz CT molecular complexity index is 658. The van der Waals surface area contributed by atoms with Crippen molar-refractivity contribution in [3.05, 3.63) is 42.5 Å². The predicted octanol–water partition coefficient (Wildman–Crippen LogP) is 1.49. The Labute approximate surface area is 136 Å². The molecule has 0 radical (unpaired) electrons. The van der Waals surface area contributed by atoms with Gasteiger partial charge in [0.25, 0.3) is 0 Å². The number of carbonyl (C=O) groups is 1. The van der Waals surface area contributed by atoms with Crippen molar-refractivity contribution in [3.8, 4) is 5.75 Å². The van der Waals surface area contributed by atoms with E-state index in [1.807, 2.05) is 24.3 Å². The van der Waals surface area contributed by atoms with Crippen LogP contribution in [0.4, 0.5) is 4.79 Å². The van der Waals surface area contributed by atoms with Gasteiger partial charge < -0.3 is 15.4 Å². The fourth-order valence-electron chi connectivity index (χ4n) is 2.45. The van der Waals surface area contributed by atoms with Crippen molar-refractivity contribution < 1.29 is 17.9 Å². The number of nitrogens with one attached hydrogen (secondary N) is 2. The number of sulfone groups is 1. The lowest BCUT2D eigenvalue weighted by molar-refractivity contribution is 0.239. The van der Waals surface area contributed by atoms with Gasteiger partial charge in [-0.05, 0) is 18.4 Å². The summed E-state index contributed by atoms with van der Waals surface area (Å²) < 4.78 is 28.3. The van der Waals surface area contributed by atoms with Gasteiger partial charge in [-0.25, -0.2) is 13.2 Å². The topological polar surface area (TPSA) is 84.5 Å². The number of rotatable bonds is 7. The average Bonchev–Trinajstić information content (AvgIpc) is 2.89. The average molecular weight is 338 g/mol. The molecule has 1 aliphatic heterocycles. The smallest absolute Gasteiger partial charge is 0.315 e. The molecular weight excluding hydrogens is 316 g/mol. The second-order valence-electron chi connectivity index (χ2n) is 5.54. The van der Waals surface area contributed by atoms with Gasteiger partial charge in [0.2, 0.25) is 0 Å². The number of ether oxygens (including phenoxy) is 1. The number of carbonyl (C=O) groups excluding carboxylic acids is 1. The van der Waals surface area contributed by atoms with E-state index in [2.05, 4.69) is 17.2 Å². The highest BCUT2D eigenvalue weighted by molar-refractivity contribution is 7.91. The number of amides is 2. The van der Waals surface area contributed by atoms with Gasteiger partial charge >= 0.3 is 6.03 Å². The number of urea groups is 1. The molecule has 7 heteroatoms. The van der Waals surface area contributed by atoms with Gasteiger partial charge in [-0.3, -0.25) is 0 Å². The van der Waals surface area contributed by atoms with E-state index in [9.17, 15) is 13.2 Å². The molecule has 0 bridgehead atoms. The first-order valence-corrected chi connectivity index (χ1v) is 9.36. The zero-order valence-electron chi connectivity index (χ0n) is 13.0. The van der Waals surface area contributed by atoms with E-state index < -0.39 is 9.84 Å². The maximum Gasteiger partial charge on any atom is 0.315 e. The molecule has 0 aliphatic carbocycles. The third-order valence-corrected chi connectivity index (χ3v) is 5.48. The minimum atomic E-state index is -2.91. The molecule has 1 aromatic rings. The molecule has 0 aromatic heterocycles. The second-order valence-corrected chi connectivity index (χ2v) is 7.77. The van der Waals surface area contributed by atoms with E-state index in [0.717, 1.165) is 5.56 Å². The molecule has 1 saturated heterocycles. The van der Waals surface area contributed by atoms with Crippen molar-refractivity contribution in [3.63, 3.8) is 0 Å². The van der Waals surface area contributed by atoms with Gasteiger partial charge in [0.15, 0.2) is 9.84 Å². The van der Waals surface area contributed by atoms with Crippen LogP contribution in [-0.2, 0) is 16.4 Å². The summed E-state index contributed by atoms with van der Waals surface area (Å²) in [7, 11) is -2.91. The van der Waals surface area contributed by atoms with E-state index in [1.54, 1.807) is 6.08 Å². The third kappa shape index (κ3) is 5.59. The van der Waals surface area contributed by atoms with Gasteiger partial charge in [-0.15, -0.1) is 0 Å². The molecule has 2 N–H and O–H groups in total. The van der Waals surface area contributed by atoms with Crippen molar-refractivity contribution >= 4 is 15.9 Å². The molecule has 126 valence electrons. The Kier molecular flexibility index (Phi) is 6.04. The molecular formula is C16H22N2O4S. The summed E-state index contributed by atoms with van der Waals surface area (Å²) in [4.78, 5) is 11.8. The van der Waals surface area contributed by atoms with Crippen LogP contribution in [0.25, 0.3) is 0 Å². The summed E-state index contributed by atoms with van der Waals surface area (Å²) in [5.41, 5.74) is 0.868. The monoisotopic (exact) mass is 338 g/mol. The maximum atomic E-state index is 11.8. The first kappa shape index (κ1) is 17.3. The lowest BCUT2D eigenvalue weighted by Gasteiger charge is -2.13. The molecule has 1 heterocycles. The van der Waals surface area contributed by atoms with Gasteiger partial charge in [0, 0.05) is 18.7 Å². The van der Waals surface area contributed by atoms with Crippen molar-refractivity contribution in [2.75, 3.05) is 24.7 Å². The number of benzene rings is 1. The number of hydrogen-bond donors (Lipinski definition) is 2. The van der Waals surface area contributed by atoms with Crippen molar-refractivity contribution in [1.29, 1.82) is 0 Å². The summed E-state index contributed by atoms with van der Waals surface area (Å²) in [6, 6.07) is 7.14. The normalized spacial score (nSPS) is 19.0. The van der Waals surface area contributed by atoms with Crippen LogP contribution in [0.2, 0.25) is 0 Å². The fourth-order valence-corrected chi connectivity index (χ4v) is 4.31. The standard InChI is InChI=1S/C16H22N2O4S/c1-2-8-22-15-6-4-3-5-14(15)11-18-16(19)17-10-13-7-9-23(20,21)12-13/h2-6,13H,1,7-12H2,(H2,17,18,19). The highest BCUT2D eigenvalue weighted by atomic mass is 32.2. The van der Waals surface area contributed by atoms with E-state index in [0.29, 0.717) is 31.9 Å². The number of para-hydroxylation sites is 1. The first-order chi connectivity index (χ1) is 11.0. The molecule has 0 spiro atoms. The van der Waals surface area contributed by atoms with Crippen molar-refractivity contribution in [2.24, 2.45) is 5.92 Å². The van der Waals surface area contributed by atoms with Crippen LogP contribution in [-0.4, -0.2) is 39.1 Å². The largest absolute Gasteiger partial charge is 0.489 e. The van der Waals surface area contributed by atoms with E-state index in [-0.39, 0.29) is 23.5 Å². The summed E-state index contributed by atoms with van der Waals surface area (Å²) in [6.45, 7) is 4.72. The van der Waals surface area contributed by atoms with Gasteiger partial charge in [-0.2, -0.15) is 0 Å².